The predicted molar refractivity (Wildman–Crippen MR) is 116 cm³/mol. The highest BCUT2D eigenvalue weighted by atomic mass is 16.5. The van der Waals surface area contributed by atoms with Crippen molar-refractivity contribution in [2.75, 3.05) is 35.5 Å². The number of carbonyl (C=O) groups is 2. The van der Waals surface area contributed by atoms with Crippen LogP contribution in [0.25, 0.3) is 0 Å². The number of guanidine groups is 1. The fourth-order valence-electron chi connectivity index (χ4n) is 3.40. The van der Waals surface area contributed by atoms with Crippen molar-refractivity contribution in [3.05, 3.63) is 41.5 Å². The number of hydrogen-bond donors (Lipinski definition) is 2. The van der Waals surface area contributed by atoms with Gasteiger partial charge in [-0.2, -0.15) is 0 Å². The number of ether oxygens (including phenoxy) is 5. The number of rotatable bonds is 7. The van der Waals surface area contributed by atoms with Crippen molar-refractivity contribution in [2.45, 2.75) is 12.5 Å². The molecule has 2 aromatic rings. The molecule has 0 unspecified atom stereocenters. The molecule has 1 aliphatic rings. The number of para-hydroxylation sites is 1. The summed E-state index contributed by atoms with van der Waals surface area (Å²) in [5.41, 5.74) is 0.902. The van der Waals surface area contributed by atoms with Gasteiger partial charge in [0.05, 0.1) is 48.0 Å². The smallest absolute Gasteiger partial charge is 0.258 e. The van der Waals surface area contributed by atoms with E-state index >= 15 is 0 Å². The molecule has 0 aromatic heterocycles. The summed E-state index contributed by atoms with van der Waals surface area (Å²) in [4.78, 5) is 29.7. The first-order chi connectivity index (χ1) is 15.4. The Kier molecular flexibility index (Phi) is 7.04. The summed E-state index contributed by atoms with van der Waals surface area (Å²) < 4.78 is 26.6. The first-order valence-electron chi connectivity index (χ1n) is 9.65. The molecule has 10 heteroatoms. The maximum Gasteiger partial charge on any atom is 0.258 e. The van der Waals surface area contributed by atoms with Gasteiger partial charge in [-0.15, -0.1) is 0 Å². The van der Waals surface area contributed by atoms with Gasteiger partial charge in [-0.25, -0.2) is 4.99 Å². The maximum absolute atomic E-state index is 12.9. The van der Waals surface area contributed by atoms with Crippen LogP contribution < -0.4 is 34.3 Å². The third-order valence-electron chi connectivity index (χ3n) is 4.87. The lowest BCUT2D eigenvalue weighted by Gasteiger charge is -2.23. The number of hydrogen-bond acceptors (Lipinski definition) is 8. The van der Waals surface area contributed by atoms with Crippen molar-refractivity contribution in [1.29, 1.82) is 0 Å². The van der Waals surface area contributed by atoms with Gasteiger partial charge in [0, 0.05) is 11.1 Å². The molecule has 3 rings (SSSR count). The van der Waals surface area contributed by atoms with Crippen LogP contribution in [0, 0.1) is 0 Å². The minimum absolute atomic E-state index is 0.0230. The molecule has 32 heavy (non-hydrogen) atoms. The molecule has 2 aromatic carbocycles. The van der Waals surface area contributed by atoms with Gasteiger partial charge in [0.15, 0.2) is 23.0 Å². The number of methoxy groups -OCH3 is 5. The van der Waals surface area contributed by atoms with Crippen LogP contribution in [0.2, 0.25) is 0 Å². The standard InChI is InChI=1S/C22H25N3O7/c1-28-15-8-6-7-13(19(15)31-4)14-11-18(26)24-22(23-14)25-21(27)12-9-16(29-2)20(32-5)17(10-12)30-3/h6-10,14H,11H2,1-5H3,(H2,23,24,25,26,27)/t14-/m0/s1. The van der Waals surface area contributed by atoms with Crippen LogP contribution in [0.4, 0.5) is 0 Å². The average Bonchev–Trinajstić information content (AvgIpc) is 2.81. The maximum atomic E-state index is 12.9. The van der Waals surface area contributed by atoms with Gasteiger partial charge >= 0.3 is 0 Å². The second kappa shape index (κ2) is 9.90. The Labute approximate surface area is 185 Å². The minimum Gasteiger partial charge on any atom is -0.493 e. The monoisotopic (exact) mass is 443 g/mol. The van der Waals surface area contributed by atoms with Crippen molar-refractivity contribution in [3.8, 4) is 28.7 Å². The van der Waals surface area contributed by atoms with Gasteiger partial charge in [0.25, 0.3) is 5.91 Å². The lowest BCUT2D eigenvalue weighted by atomic mass is 10.0. The van der Waals surface area contributed by atoms with Crippen LogP contribution in [-0.4, -0.2) is 53.3 Å². The topological polar surface area (TPSA) is 117 Å². The number of amides is 2. The molecule has 0 radical (unpaired) electrons. The van der Waals surface area contributed by atoms with Gasteiger partial charge in [-0.05, 0) is 18.2 Å². The van der Waals surface area contributed by atoms with Crippen molar-refractivity contribution < 1.29 is 33.3 Å². The first kappa shape index (κ1) is 22.7. The zero-order valence-electron chi connectivity index (χ0n) is 18.5. The first-order valence-corrected chi connectivity index (χ1v) is 9.65. The van der Waals surface area contributed by atoms with E-state index in [4.69, 9.17) is 23.7 Å². The zero-order chi connectivity index (χ0) is 23.3. The fraction of sp³-hybridized carbons (Fsp3) is 0.318. The normalized spacial score (nSPS) is 15.2. The molecule has 0 spiro atoms. The van der Waals surface area contributed by atoms with E-state index in [1.165, 1.54) is 47.7 Å². The van der Waals surface area contributed by atoms with Crippen LogP contribution in [0.1, 0.15) is 28.4 Å². The summed E-state index contributed by atoms with van der Waals surface area (Å²) in [5, 5.41) is 5.21. The van der Waals surface area contributed by atoms with Crippen molar-refractivity contribution in [3.63, 3.8) is 0 Å². The van der Waals surface area contributed by atoms with E-state index in [-0.39, 0.29) is 23.9 Å². The molecule has 1 atom stereocenters. The second-order valence-electron chi connectivity index (χ2n) is 6.70. The van der Waals surface area contributed by atoms with Crippen LogP contribution >= 0.6 is 0 Å². The molecule has 2 amide bonds. The number of carbonyl (C=O) groups excluding carboxylic acids is 2. The van der Waals surface area contributed by atoms with Crippen LogP contribution in [0.5, 0.6) is 28.7 Å². The number of aliphatic imine (C=N–C) groups is 1. The van der Waals surface area contributed by atoms with Gasteiger partial charge in [0.1, 0.15) is 0 Å². The Morgan fingerprint density at radius 1 is 0.938 bits per heavy atom. The lowest BCUT2D eigenvalue weighted by Crippen LogP contribution is -2.47. The Morgan fingerprint density at radius 2 is 1.56 bits per heavy atom. The van der Waals surface area contributed by atoms with E-state index in [0.29, 0.717) is 34.3 Å². The molecule has 170 valence electrons. The summed E-state index contributed by atoms with van der Waals surface area (Å²) in [6.07, 6.45) is 0.0904. The SMILES string of the molecule is COc1cc(C(=O)NC2=N[C@H](c3cccc(OC)c3OC)CC(=O)N2)cc(OC)c1OC. The molecule has 1 heterocycles. The van der Waals surface area contributed by atoms with Crippen LogP contribution in [0.3, 0.4) is 0 Å². The van der Waals surface area contributed by atoms with E-state index in [0.717, 1.165) is 0 Å². The van der Waals surface area contributed by atoms with Gasteiger partial charge in [0.2, 0.25) is 17.6 Å². The minimum atomic E-state index is -0.566. The molecular formula is C22H25N3O7. The van der Waals surface area contributed by atoms with Gasteiger partial charge in [-0.3, -0.25) is 20.2 Å². The lowest BCUT2D eigenvalue weighted by molar-refractivity contribution is -0.120. The second-order valence-corrected chi connectivity index (χ2v) is 6.70. The number of nitrogens with one attached hydrogen (secondary N) is 2. The Bertz CT molecular complexity index is 1030. The van der Waals surface area contributed by atoms with Gasteiger partial charge in [-0.1, -0.05) is 12.1 Å². The third kappa shape index (κ3) is 4.53. The Balaban J connectivity index is 1.91. The highest BCUT2D eigenvalue weighted by Crippen LogP contribution is 2.39. The molecule has 10 nitrogen and oxygen atoms in total. The quantitative estimate of drug-likeness (QED) is 0.673. The molecular weight excluding hydrogens is 418 g/mol. The molecule has 0 bridgehead atoms. The summed E-state index contributed by atoms with van der Waals surface area (Å²) in [5.74, 6) is 1.23. The molecule has 0 saturated carbocycles. The number of nitrogens with zero attached hydrogens (tertiary/aromatic N) is 1. The molecule has 2 N–H and O–H groups in total. The average molecular weight is 443 g/mol. The predicted octanol–water partition coefficient (Wildman–Crippen LogP) is 2.08. The summed E-state index contributed by atoms with van der Waals surface area (Å²) in [7, 11) is 7.43. The summed E-state index contributed by atoms with van der Waals surface area (Å²) in [6.45, 7) is 0. The van der Waals surface area contributed by atoms with Crippen molar-refractivity contribution >= 4 is 17.8 Å². The van der Waals surface area contributed by atoms with E-state index < -0.39 is 11.9 Å². The molecule has 0 aliphatic carbocycles. The van der Waals surface area contributed by atoms with E-state index in [1.54, 1.807) is 18.2 Å². The van der Waals surface area contributed by atoms with E-state index in [1.807, 2.05) is 0 Å². The van der Waals surface area contributed by atoms with Crippen LogP contribution in [-0.2, 0) is 4.79 Å². The Hall–Kier alpha value is -3.95. The Morgan fingerprint density at radius 3 is 2.12 bits per heavy atom. The summed E-state index contributed by atoms with van der Waals surface area (Å²) in [6, 6.07) is 7.78. The van der Waals surface area contributed by atoms with Gasteiger partial charge < -0.3 is 23.7 Å². The van der Waals surface area contributed by atoms with E-state index in [9.17, 15) is 9.59 Å². The fourth-order valence-corrected chi connectivity index (χ4v) is 3.40. The highest BCUT2D eigenvalue weighted by Gasteiger charge is 2.27. The molecule has 1 aliphatic heterocycles. The summed E-state index contributed by atoms with van der Waals surface area (Å²) >= 11 is 0. The third-order valence-corrected chi connectivity index (χ3v) is 4.87. The molecule has 0 fully saturated rings. The molecule has 0 saturated heterocycles. The van der Waals surface area contributed by atoms with E-state index in [2.05, 4.69) is 15.6 Å². The van der Waals surface area contributed by atoms with Crippen molar-refractivity contribution in [2.24, 2.45) is 4.99 Å². The van der Waals surface area contributed by atoms with Crippen molar-refractivity contribution in [1.82, 2.24) is 10.6 Å². The highest BCUT2D eigenvalue weighted by molar-refractivity contribution is 6.11. The number of benzene rings is 2. The largest absolute Gasteiger partial charge is 0.493 e. The van der Waals surface area contributed by atoms with Crippen LogP contribution in [0.15, 0.2) is 35.3 Å². The zero-order valence-corrected chi connectivity index (χ0v) is 18.5.